The second kappa shape index (κ2) is 4.08. The van der Waals surface area contributed by atoms with Gasteiger partial charge in [-0.3, -0.25) is 4.98 Å². The molecule has 0 atom stereocenters. The highest BCUT2D eigenvalue weighted by Gasteiger charge is 2.53. The normalized spacial score (nSPS) is 20.8. The van der Waals surface area contributed by atoms with Crippen LogP contribution in [0.2, 0.25) is 0 Å². The van der Waals surface area contributed by atoms with Gasteiger partial charge in [0.05, 0.1) is 16.8 Å². The average molecular weight is 247 g/mol. The molecule has 0 radical (unpaired) electrons. The molecule has 5 heteroatoms. The maximum atomic E-state index is 14.1. The van der Waals surface area contributed by atoms with E-state index in [0.29, 0.717) is 0 Å². The quantitative estimate of drug-likeness (QED) is 0.556. The van der Waals surface area contributed by atoms with Crippen LogP contribution in [0.5, 0.6) is 0 Å². The minimum atomic E-state index is -0.830. The number of terminal acetylenes is 1. The first-order valence-electron chi connectivity index (χ1n) is 5.75. The van der Waals surface area contributed by atoms with Gasteiger partial charge in [-0.05, 0) is 33.8 Å². The van der Waals surface area contributed by atoms with E-state index in [1.807, 2.05) is 27.7 Å². The molecule has 1 aliphatic rings. The predicted molar refractivity (Wildman–Crippen MR) is 67.8 cm³/mol. The first kappa shape index (κ1) is 13.1. The van der Waals surface area contributed by atoms with E-state index in [2.05, 4.69) is 10.9 Å². The Morgan fingerprint density at radius 3 is 2.33 bits per heavy atom. The fourth-order valence-corrected chi connectivity index (χ4v) is 1.69. The van der Waals surface area contributed by atoms with Crippen molar-refractivity contribution in [2.45, 2.75) is 38.9 Å². The minimum absolute atomic E-state index is 0.101. The van der Waals surface area contributed by atoms with Gasteiger partial charge in [0, 0.05) is 6.20 Å². The SMILES string of the molecule is C#Cc1ccnc(B2OC(C)(C)C(C)(C)O2)c1F. The lowest BCUT2D eigenvalue weighted by Crippen LogP contribution is -2.41. The zero-order valence-electron chi connectivity index (χ0n) is 11.0. The summed E-state index contributed by atoms with van der Waals surface area (Å²) in [6.07, 6.45) is 6.68. The Hall–Kier alpha value is -1.38. The molecule has 1 saturated heterocycles. The zero-order valence-corrected chi connectivity index (χ0v) is 11.0. The monoisotopic (exact) mass is 247 g/mol. The topological polar surface area (TPSA) is 31.4 Å². The third kappa shape index (κ3) is 1.92. The Kier molecular flexibility index (Phi) is 2.96. The fraction of sp³-hybridized carbons (Fsp3) is 0.462. The number of hydrogen-bond donors (Lipinski definition) is 0. The number of halogens is 1. The molecular weight excluding hydrogens is 232 g/mol. The zero-order chi connectivity index (χ0) is 13.6. The lowest BCUT2D eigenvalue weighted by molar-refractivity contribution is 0.00578. The van der Waals surface area contributed by atoms with Crippen molar-refractivity contribution in [2.75, 3.05) is 0 Å². The Bertz CT molecular complexity index is 506. The molecule has 0 amide bonds. The number of aromatic nitrogens is 1. The van der Waals surface area contributed by atoms with E-state index in [0.717, 1.165) is 0 Å². The third-order valence-electron chi connectivity index (χ3n) is 3.55. The summed E-state index contributed by atoms with van der Waals surface area (Å²) in [5.74, 6) is 1.72. The smallest absolute Gasteiger partial charge is 0.398 e. The van der Waals surface area contributed by atoms with Gasteiger partial charge in [-0.15, -0.1) is 6.42 Å². The number of rotatable bonds is 1. The molecule has 18 heavy (non-hydrogen) atoms. The van der Waals surface area contributed by atoms with E-state index >= 15 is 0 Å². The van der Waals surface area contributed by atoms with E-state index < -0.39 is 24.1 Å². The number of nitrogens with zero attached hydrogens (tertiary/aromatic N) is 1. The van der Waals surface area contributed by atoms with Crippen LogP contribution in [-0.4, -0.2) is 23.3 Å². The van der Waals surface area contributed by atoms with E-state index in [1.165, 1.54) is 12.3 Å². The lowest BCUT2D eigenvalue weighted by Gasteiger charge is -2.32. The van der Waals surface area contributed by atoms with Crippen molar-refractivity contribution < 1.29 is 13.7 Å². The molecule has 0 saturated carbocycles. The van der Waals surface area contributed by atoms with Crippen LogP contribution in [0.3, 0.4) is 0 Å². The predicted octanol–water partition coefficient (Wildman–Crippen LogP) is 1.50. The Morgan fingerprint density at radius 2 is 1.83 bits per heavy atom. The molecule has 1 aromatic rings. The highest BCUT2D eigenvalue weighted by molar-refractivity contribution is 6.61. The molecular formula is C13H15BFNO2. The number of hydrogen-bond acceptors (Lipinski definition) is 3. The van der Waals surface area contributed by atoms with Gasteiger partial charge in [0.2, 0.25) is 0 Å². The summed E-state index contributed by atoms with van der Waals surface area (Å²) in [5, 5.41) is 0. The van der Waals surface area contributed by atoms with Crippen molar-refractivity contribution in [2.24, 2.45) is 0 Å². The molecule has 0 aliphatic carbocycles. The van der Waals surface area contributed by atoms with Crippen LogP contribution in [0.15, 0.2) is 12.3 Å². The van der Waals surface area contributed by atoms with Gasteiger partial charge in [0.15, 0.2) is 5.82 Å². The largest absolute Gasteiger partial charge is 0.517 e. The van der Waals surface area contributed by atoms with E-state index in [4.69, 9.17) is 15.7 Å². The standard InChI is InChI=1S/C13H15BFNO2/c1-6-9-7-8-16-11(10(9)15)14-17-12(2,3)13(4,5)18-14/h1,7-8H,2-5H3. The molecule has 3 nitrogen and oxygen atoms in total. The van der Waals surface area contributed by atoms with Gasteiger partial charge in [-0.2, -0.15) is 0 Å². The molecule has 0 bridgehead atoms. The molecule has 0 spiro atoms. The van der Waals surface area contributed by atoms with E-state index in [-0.39, 0.29) is 11.2 Å². The van der Waals surface area contributed by atoms with Crippen LogP contribution in [0, 0.1) is 18.2 Å². The van der Waals surface area contributed by atoms with Gasteiger partial charge in [0.1, 0.15) is 5.59 Å². The van der Waals surface area contributed by atoms with Crippen molar-refractivity contribution in [3.05, 3.63) is 23.6 Å². The van der Waals surface area contributed by atoms with Gasteiger partial charge in [0.25, 0.3) is 0 Å². The van der Waals surface area contributed by atoms with Crippen LogP contribution in [0.1, 0.15) is 33.3 Å². The Balaban J connectivity index is 2.39. The van der Waals surface area contributed by atoms with Crippen LogP contribution < -0.4 is 5.59 Å². The highest BCUT2D eigenvalue weighted by atomic mass is 19.1. The Morgan fingerprint density at radius 1 is 1.28 bits per heavy atom. The summed E-state index contributed by atoms with van der Waals surface area (Å²) in [6, 6.07) is 1.45. The molecule has 94 valence electrons. The third-order valence-corrected chi connectivity index (χ3v) is 3.55. The lowest BCUT2D eigenvalue weighted by atomic mass is 9.83. The molecule has 2 rings (SSSR count). The molecule has 0 N–H and O–H groups in total. The summed E-state index contributed by atoms with van der Waals surface area (Å²) in [4.78, 5) is 3.98. The van der Waals surface area contributed by atoms with Crippen LogP contribution in [-0.2, 0) is 9.31 Å². The van der Waals surface area contributed by atoms with Crippen molar-refractivity contribution in [3.63, 3.8) is 0 Å². The Labute approximate surface area is 107 Å². The first-order valence-corrected chi connectivity index (χ1v) is 5.75. The number of pyridine rings is 1. The van der Waals surface area contributed by atoms with Crippen molar-refractivity contribution >= 4 is 12.7 Å². The summed E-state index contributed by atoms with van der Waals surface area (Å²) in [7, 11) is -0.830. The second-order valence-electron chi connectivity index (χ2n) is 5.29. The highest BCUT2D eigenvalue weighted by Crippen LogP contribution is 2.36. The molecule has 1 fully saturated rings. The van der Waals surface area contributed by atoms with Gasteiger partial charge >= 0.3 is 7.12 Å². The van der Waals surface area contributed by atoms with Crippen molar-refractivity contribution in [1.29, 1.82) is 0 Å². The summed E-state index contributed by atoms with van der Waals surface area (Å²) in [5.41, 5.74) is -0.797. The maximum Gasteiger partial charge on any atom is 0.517 e. The van der Waals surface area contributed by atoms with Crippen molar-refractivity contribution in [1.82, 2.24) is 4.98 Å². The van der Waals surface area contributed by atoms with Gasteiger partial charge in [-0.1, -0.05) is 5.92 Å². The first-order chi connectivity index (χ1) is 8.28. The molecule has 1 aliphatic heterocycles. The molecule has 0 aromatic carbocycles. The molecule has 2 heterocycles. The summed E-state index contributed by atoms with van der Waals surface area (Å²) < 4.78 is 25.5. The molecule has 0 unspecified atom stereocenters. The summed E-state index contributed by atoms with van der Waals surface area (Å²) >= 11 is 0. The van der Waals surface area contributed by atoms with Gasteiger partial charge in [-0.25, -0.2) is 4.39 Å². The van der Waals surface area contributed by atoms with Gasteiger partial charge < -0.3 is 9.31 Å². The van der Waals surface area contributed by atoms with Crippen LogP contribution >= 0.6 is 0 Å². The van der Waals surface area contributed by atoms with Crippen LogP contribution in [0.4, 0.5) is 4.39 Å². The maximum absolute atomic E-state index is 14.1. The van der Waals surface area contributed by atoms with E-state index in [1.54, 1.807) is 0 Å². The minimum Gasteiger partial charge on any atom is -0.398 e. The van der Waals surface area contributed by atoms with E-state index in [9.17, 15) is 4.39 Å². The van der Waals surface area contributed by atoms with Crippen LogP contribution in [0.25, 0.3) is 0 Å². The molecule has 1 aromatic heterocycles. The van der Waals surface area contributed by atoms with Crippen molar-refractivity contribution in [3.8, 4) is 12.3 Å². The summed E-state index contributed by atoms with van der Waals surface area (Å²) in [6.45, 7) is 7.59. The second-order valence-corrected chi connectivity index (χ2v) is 5.29. The fourth-order valence-electron chi connectivity index (χ4n) is 1.69. The average Bonchev–Trinajstić information content (AvgIpc) is 2.48.